The Hall–Kier alpha value is -3.07. The van der Waals surface area contributed by atoms with Gasteiger partial charge in [-0.1, -0.05) is 36.9 Å². The van der Waals surface area contributed by atoms with Crippen molar-refractivity contribution in [3.05, 3.63) is 66.7 Å². The van der Waals surface area contributed by atoms with E-state index in [1.54, 1.807) is 7.11 Å². The molecule has 0 unspecified atom stereocenters. The van der Waals surface area contributed by atoms with Crippen molar-refractivity contribution in [3.63, 3.8) is 0 Å². The Bertz CT molecular complexity index is 1140. The fourth-order valence-corrected chi connectivity index (χ4v) is 3.70. The monoisotopic (exact) mass is 312 g/mol. The van der Waals surface area contributed by atoms with Crippen LogP contribution in [0.2, 0.25) is 0 Å². The maximum absolute atomic E-state index is 5.42. The topological polar surface area (TPSA) is 27.1 Å². The Kier molecular flexibility index (Phi) is 2.63. The maximum Gasteiger partial charge on any atom is 0.142 e. The van der Waals surface area contributed by atoms with Crippen LogP contribution in [0.5, 0.6) is 5.75 Å². The minimum atomic E-state index is 0.763. The van der Waals surface area contributed by atoms with Gasteiger partial charge in [0.15, 0.2) is 0 Å². The van der Waals surface area contributed by atoms with Gasteiger partial charge in [-0.05, 0) is 46.2 Å². The van der Waals surface area contributed by atoms with Crippen molar-refractivity contribution in [1.82, 2.24) is 9.55 Å². The number of benzene rings is 3. The van der Waals surface area contributed by atoms with Crippen molar-refractivity contribution in [2.75, 3.05) is 7.11 Å². The number of rotatable bonds is 1. The van der Waals surface area contributed by atoms with Gasteiger partial charge in [0.1, 0.15) is 11.6 Å². The second-order valence-corrected chi connectivity index (χ2v) is 6.19. The van der Waals surface area contributed by atoms with Crippen LogP contribution in [0.1, 0.15) is 5.56 Å². The molecule has 0 spiro atoms. The van der Waals surface area contributed by atoms with E-state index in [2.05, 4.69) is 53.6 Å². The smallest absolute Gasteiger partial charge is 0.142 e. The maximum atomic E-state index is 5.42. The van der Waals surface area contributed by atoms with Crippen LogP contribution in [0.25, 0.3) is 38.8 Å². The molecule has 3 nitrogen and oxygen atoms in total. The molecule has 0 bridgehead atoms. The molecule has 0 N–H and O–H groups in total. The number of ether oxygens (including phenoxy) is 1. The molecule has 0 fully saturated rings. The molecule has 3 heteroatoms. The Balaban J connectivity index is 1.89. The summed E-state index contributed by atoms with van der Waals surface area (Å²) in [5.41, 5.74) is 5.63. The lowest BCUT2D eigenvalue weighted by Crippen LogP contribution is -2.10. The van der Waals surface area contributed by atoms with E-state index in [1.165, 1.54) is 16.3 Å². The minimum absolute atomic E-state index is 0.763. The van der Waals surface area contributed by atoms with E-state index in [4.69, 9.17) is 9.72 Å². The molecule has 0 aliphatic carbocycles. The lowest BCUT2D eigenvalue weighted by atomic mass is 9.91. The largest absolute Gasteiger partial charge is 0.497 e. The van der Waals surface area contributed by atoms with Crippen LogP contribution in [0.15, 0.2) is 61.2 Å². The first-order valence-corrected chi connectivity index (χ1v) is 8.01. The Morgan fingerprint density at radius 2 is 1.92 bits per heavy atom. The van der Waals surface area contributed by atoms with Gasteiger partial charge in [-0.25, -0.2) is 4.98 Å². The van der Waals surface area contributed by atoms with Gasteiger partial charge in [0.2, 0.25) is 0 Å². The zero-order valence-electron chi connectivity index (χ0n) is 13.4. The predicted octanol–water partition coefficient (Wildman–Crippen LogP) is 4.89. The molecular weight excluding hydrogens is 296 g/mol. The van der Waals surface area contributed by atoms with E-state index < -0.39 is 0 Å². The van der Waals surface area contributed by atoms with Crippen molar-refractivity contribution in [2.45, 2.75) is 6.54 Å². The van der Waals surface area contributed by atoms with Crippen molar-refractivity contribution in [1.29, 1.82) is 0 Å². The fourth-order valence-electron chi connectivity index (χ4n) is 3.70. The standard InChI is InChI=1S/C21H16N2O/c1-13-12-23-19-6-4-3-5-18(19)22-21(23)16-10-8-14-7-9-15(24-2)11-17(14)20(13)16/h3-11H,1,12H2,2H3. The lowest BCUT2D eigenvalue weighted by Gasteiger charge is -2.23. The van der Waals surface area contributed by atoms with E-state index in [0.29, 0.717) is 0 Å². The Labute approximate surface area is 139 Å². The zero-order valence-corrected chi connectivity index (χ0v) is 13.4. The molecule has 0 radical (unpaired) electrons. The number of para-hydroxylation sites is 2. The first kappa shape index (κ1) is 13.4. The summed E-state index contributed by atoms with van der Waals surface area (Å²) >= 11 is 0. The molecule has 0 saturated carbocycles. The van der Waals surface area contributed by atoms with Crippen molar-refractivity contribution >= 4 is 27.4 Å². The van der Waals surface area contributed by atoms with Crippen LogP contribution in [-0.2, 0) is 6.54 Å². The molecule has 116 valence electrons. The van der Waals surface area contributed by atoms with Crippen LogP contribution in [0.3, 0.4) is 0 Å². The van der Waals surface area contributed by atoms with Crippen LogP contribution >= 0.6 is 0 Å². The predicted molar refractivity (Wildman–Crippen MR) is 98.3 cm³/mol. The third kappa shape index (κ3) is 1.69. The normalized spacial score (nSPS) is 13.1. The van der Waals surface area contributed by atoms with Gasteiger partial charge < -0.3 is 9.30 Å². The average molecular weight is 312 g/mol. The number of hydrogen-bond acceptors (Lipinski definition) is 2. The molecule has 0 saturated heterocycles. The van der Waals surface area contributed by atoms with Gasteiger partial charge in [0.25, 0.3) is 0 Å². The van der Waals surface area contributed by atoms with E-state index in [9.17, 15) is 0 Å². The second-order valence-electron chi connectivity index (χ2n) is 6.19. The van der Waals surface area contributed by atoms with Gasteiger partial charge in [0.05, 0.1) is 18.1 Å². The highest BCUT2D eigenvalue weighted by atomic mass is 16.5. The van der Waals surface area contributed by atoms with E-state index in [1.807, 2.05) is 12.1 Å². The van der Waals surface area contributed by atoms with Gasteiger partial charge >= 0.3 is 0 Å². The van der Waals surface area contributed by atoms with Crippen LogP contribution in [0.4, 0.5) is 0 Å². The Morgan fingerprint density at radius 1 is 1.08 bits per heavy atom. The number of aromatic nitrogens is 2. The minimum Gasteiger partial charge on any atom is -0.497 e. The summed E-state index contributed by atoms with van der Waals surface area (Å²) in [6.45, 7) is 5.12. The molecule has 24 heavy (non-hydrogen) atoms. The first-order valence-electron chi connectivity index (χ1n) is 8.01. The molecule has 0 atom stereocenters. The van der Waals surface area contributed by atoms with Gasteiger partial charge in [-0.15, -0.1) is 0 Å². The van der Waals surface area contributed by atoms with Gasteiger partial charge in [0, 0.05) is 12.1 Å². The van der Waals surface area contributed by atoms with Crippen LogP contribution in [-0.4, -0.2) is 16.7 Å². The molecule has 3 aromatic carbocycles. The molecule has 2 heterocycles. The average Bonchev–Trinajstić information content (AvgIpc) is 2.99. The van der Waals surface area contributed by atoms with Gasteiger partial charge in [-0.2, -0.15) is 0 Å². The molecule has 1 aromatic heterocycles. The van der Waals surface area contributed by atoms with E-state index >= 15 is 0 Å². The second kappa shape index (κ2) is 4.71. The summed E-state index contributed by atoms with van der Waals surface area (Å²) in [6.07, 6.45) is 0. The van der Waals surface area contributed by atoms with Crippen LogP contribution < -0.4 is 4.74 Å². The first-order chi connectivity index (χ1) is 11.8. The zero-order chi connectivity index (χ0) is 16.3. The number of hydrogen-bond donors (Lipinski definition) is 0. The molecule has 1 aliphatic heterocycles. The highest BCUT2D eigenvalue weighted by Crippen LogP contribution is 2.41. The number of methoxy groups -OCH3 is 1. The fraction of sp³-hybridized carbons (Fsp3) is 0.0952. The summed E-state index contributed by atoms with van der Waals surface area (Å²) in [5.74, 6) is 1.88. The summed E-state index contributed by atoms with van der Waals surface area (Å²) < 4.78 is 7.67. The summed E-state index contributed by atoms with van der Waals surface area (Å²) in [5, 5.41) is 2.37. The number of nitrogens with zero attached hydrogens (tertiary/aromatic N) is 2. The lowest BCUT2D eigenvalue weighted by molar-refractivity contribution is 0.415. The van der Waals surface area contributed by atoms with E-state index in [0.717, 1.165) is 40.3 Å². The highest BCUT2D eigenvalue weighted by Gasteiger charge is 2.24. The SMILES string of the molecule is C=C1Cn2c(nc3ccccc32)-c2ccc3ccc(OC)cc3c21. The number of allylic oxidation sites excluding steroid dienone is 1. The van der Waals surface area contributed by atoms with Crippen molar-refractivity contribution < 1.29 is 4.74 Å². The van der Waals surface area contributed by atoms with E-state index in [-0.39, 0.29) is 0 Å². The molecule has 5 rings (SSSR count). The summed E-state index contributed by atoms with van der Waals surface area (Å²) in [6, 6.07) is 18.8. The summed E-state index contributed by atoms with van der Waals surface area (Å²) in [4.78, 5) is 4.87. The number of imidazole rings is 1. The van der Waals surface area contributed by atoms with Crippen molar-refractivity contribution in [2.24, 2.45) is 0 Å². The Morgan fingerprint density at radius 3 is 2.79 bits per heavy atom. The van der Waals surface area contributed by atoms with Crippen LogP contribution in [0, 0.1) is 0 Å². The molecular formula is C21H16N2O. The number of fused-ring (bicyclic) bond motifs is 7. The molecule has 0 amide bonds. The quantitative estimate of drug-likeness (QED) is 0.500. The third-order valence-electron chi connectivity index (χ3n) is 4.83. The summed E-state index contributed by atoms with van der Waals surface area (Å²) in [7, 11) is 1.70. The third-order valence-corrected chi connectivity index (χ3v) is 4.83. The molecule has 1 aliphatic rings. The highest BCUT2D eigenvalue weighted by molar-refractivity contribution is 6.02. The molecule has 4 aromatic rings. The van der Waals surface area contributed by atoms with Crippen molar-refractivity contribution in [3.8, 4) is 17.1 Å². The van der Waals surface area contributed by atoms with Gasteiger partial charge in [-0.3, -0.25) is 0 Å².